The van der Waals surface area contributed by atoms with Gasteiger partial charge in [-0.1, -0.05) is 0 Å². The van der Waals surface area contributed by atoms with Gasteiger partial charge in [-0.15, -0.1) is 0 Å². The zero-order chi connectivity index (χ0) is 8.69. The topological polar surface area (TPSA) is 38.5 Å². The van der Waals surface area contributed by atoms with Crippen LogP contribution in [0.4, 0.5) is 0 Å². The van der Waals surface area contributed by atoms with Gasteiger partial charge in [0.1, 0.15) is 0 Å². The summed E-state index contributed by atoms with van der Waals surface area (Å²) in [6, 6.07) is 0. The van der Waals surface area contributed by atoms with Gasteiger partial charge in [0.2, 0.25) is 0 Å². The van der Waals surface area contributed by atoms with Gasteiger partial charge in [0, 0.05) is 19.7 Å². The molecule has 2 N–H and O–H groups in total. The molecule has 0 aliphatic rings. The minimum absolute atomic E-state index is 0.238. The summed E-state index contributed by atoms with van der Waals surface area (Å²) in [6.07, 6.45) is 1.26. The maximum absolute atomic E-state index is 5.50. The fraction of sp³-hybridized carbons (Fsp3) is 1.00. The summed E-state index contributed by atoms with van der Waals surface area (Å²) in [5.41, 5.74) is 5.50. The van der Waals surface area contributed by atoms with Crippen LogP contribution in [0.2, 0.25) is 0 Å². The summed E-state index contributed by atoms with van der Waals surface area (Å²) in [7, 11) is 4.11. The monoisotopic (exact) mass is 160 g/mol. The van der Waals surface area contributed by atoms with Crippen molar-refractivity contribution >= 4 is 0 Å². The van der Waals surface area contributed by atoms with Gasteiger partial charge in [-0.25, -0.2) is 0 Å². The number of hydrogen-bond acceptors (Lipinski definition) is 3. The van der Waals surface area contributed by atoms with Crippen LogP contribution in [0, 0.1) is 0 Å². The molecule has 0 spiro atoms. The minimum atomic E-state index is 0.238. The number of rotatable bonds is 6. The molecule has 0 saturated carbocycles. The Bertz CT molecular complexity index is 86.2. The highest BCUT2D eigenvalue weighted by molar-refractivity contribution is 4.59. The van der Waals surface area contributed by atoms with Gasteiger partial charge >= 0.3 is 0 Å². The second kappa shape index (κ2) is 6.58. The molecule has 1 unspecified atom stereocenters. The summed E-state index contributed by atoms with van der Waals surface area (Å²) >= 11 is 0. The standard InChI is InChI=1S/C8H20N2O/c1-4-11-8(7-9)5-6-10(2)3/h8H,4-7,9H2,1-3H3. The van der Waals surface area contributed by atoms with Gasteiger partial charge < -0.3 is 15.4 Å². The molecule has 0 aromatic heterocycles. The molecule has 0 aliphatic carbocycles. The van der Waals surface area contributed by atoms with Gasteiger partial charge in [0.25, 0.3) is 0 Å². The lowest BCUT2D eigenvalue weighted by Gasteiger charge is -2.17. The van der Waals surface area contributed by atoms with Gasteiger partial charge in [0.05, 0.1) is 6.10 Å². The first-order chi connectivity index (χ1) is 5.20. The highest BCUT2D eigenvalue weighted by Crippen LogP contribution is 1.96. The summed E-state index contributed by atoms with van der Waals surface area (Å²) in [5, 5.41) is 0. The van der Waals surface area contributed by atoms with Crippen molar-refractivity contribution in [2.75, 3.05) is 33.8 Å². The van der Waals surface area contributed by atoms with E-state index in [0.29, 0.717) is 6.54 Å². The second-order valence-electron chi connectivity index (χ2n) is 2.91. The van der Waals surface area contributed by atoms with Crippen molar-refractivity contribution in [1.29, 1.82) is 0 Å². The molecule has 0 amide bonds. The Balaban J connectivity index is 3.35. The third kappa shape index (κ3) is 6.28. The molecule has 0 aliphatic heterocycles. The summed E-state index contributed by atoms with van der Waals surface area (Å²) in [4.78, 5) is 2.14. The molecule has 0 radical (unpaired) electrons. The quantitative estimate of drug-likeness (QED) is 0.607. The summed E-state index contributed by atoms with van der Waals surface area (Å²) < 4.78 is 5.39. The van der Waals surface area contributed by atoms with E-state index in [0.717, 1.165) is 19.6 Å². The molecular weight excluding hydrogens is 140 g/mol. The first-order valence-electron chi connectivity index (χ1n) is 4.17. The lowest BCUT2D eigenvalue weighted by molar-refractivity contribution is 0.0580. The van der Waals surface area contributed by atoms with Crippen molar-refractivity contribution in [3.63, 3.8) is 0 Å². The Morgan fingerprint density at radius 2 is 2.09 bits per heavy atom. The largest absolute Gasteiger partial charge is 0.377 e. The average molecular weight is 160 g/mol. The van der Waals surface area contributed by atoms with Crippen LogP contribution in [0.1, 0.15) is 13.3 Å². The van der Waals surface area contributed by atoms with E-state index in [4.69, 9.17) is 10.5 Å². The fourth-order valence-electron chi connectivity index (χ4n) is 0.907. The van der Waals surface area contributed by atoms with Gasteiger partial charge in [-0.05, 0) is 27.4 Å². The highest BCUT2D eigenvalue weighted by atomic mass is 16.5. The van der Waals surface area contributed by atoms with Gasteiger partial charge in [-0.3, -0.25) is 0 Å². The van der Waals surface area contributed by atoms with E-state index in [1.807, 2.05) is 6.92 Å². The van der Waals surface area contributed by atoms with E-state index in [9.17, 15) is 0 Å². The second-order valence-corrected chi connectivity index (χ2v) is 2.91. The van der Waals surface area contributed by atoms with E-state index in [-0.39, 0.29) is 6.10 Å². The molecule has 11 heavy (non-hydrogen) atoms. The van der Waals surface area contributed by atoms with Crippen LogP contribution in [0.3, 0.4) is 0 Å². The normalized spacial score (nSPS) is 13.9. The number of nitrogens with two attached hydrogens (primary N) is 1. The third-order valence-corrected chi connectivity index (χ3v) is 1.56. The molecule has 3 heteroatoms. The maximum Gasteiger partial charge on any atom is 0.0709 e. The summed E-state index contributed by atoms with van der Waals surface area (Å²) in [5.74, 6) is 0. The van der Waals surface area contributed by atoms with Crippen LogP contribution < -0.4 is 5.73 Å². The smallest absolute Gasteiger partial charge is 0.0709 e. The van der Waals surface area contributed by atoms with Crippen LogP contribution in [-0.2, 0) is 4.74 Å². The van der Waals surface area contributed by atoms with Crippen LogP contribution in [0.5, 0.6) is 0 Å². The van der Waals surface area contributed by atoms with E-state index >= 15 is 0 Å². The van der Waals surface area contributed by atoms with Crippen LogP contribution in [0.15, 0.2) is 0 Å². The van der Waals surface area contributed by atoms with Crippen molar-refractivity contribution in [1.82, 2.24) is 4.90 Å². The van der Waals surface area contributed by atoms with Crippen LogP contribution >= 0.6 is 0 Å². The first kappa shape index (κ1) is 10.9. The molecule has 0 rings (SSSR count). The van der Waals surface area contributed by atoms with E-state index < -0.39 is 0 Å². The number of hydrogen-bond donors (Lipinski definition) is 1. The van der Waals surface area contributed by atoms with Crippen molar-refractivity contribution in [3.8, 4) is 0 Å². The molecule has 1 atom stereocenters. The molecule has 0 aromatic rings. The molecule has 3 nitrogen and oxygen atoms in total. The predicted molar refractivity (Wildman–Crippen MR) is 47.6 cm³/mol. The molecule has 0 fully saturated rings. The van der Waals surface area contributed by atoms with Crippen LogP contribution in [-0.4, -0.2) is 44.8 Å². The van der Waals surface area contributed by atoms with Crippen LogP contribution in [0.25, 0.3) is 0 Å². The molecule has 0 saturated heterocycles. The minimum Gasteiger partial charge on any atom is -0.377 e. The molecule has 0 heterocycles. The number of nitrogens with zero attached hydrogens (tertiary/aromatic N) is 1. The van der Waals surface area contributed by atoms with E-state index in [1.54, 1.807) is 0 Å². The lowest BCUT2D eigenvalue weighted by atomic mass is 10.2. The SMILES string of the molecule is CCOC(CN)CCN(C)C. The Kier molecular flexibility index (Phi) is 6.51. The van der Waals surface area contributed by atoms with Crippen molar-refractivity contribution in [2.24, 2.45) is 5.73 Å². The molecule has 0 aromatic carbocycles. The zero-order valence-electron chi connectivity index (χ0n) is 7.84. The maximum atomic E-state index is 5.50. The molecule has 68 valence electrons. The molecule has 0 bridgehead atoms. The van der Waals surface area contributed by atoms with Gasteiger partial charge in [-0.2, -0.15) is 0 Å². The van der Waals surface area contributed by atoms with E-state index in [1.165, 1.54) is 0 Å². The Hall–Kier alpha value is -0.120. The van der Waals surface area contributed by atoms with Gasteiger partial charge in [0.15, 0.2) is 0 Å². The third-order valence-electron chi connectivity index (χ3n) is 1.56. The Labute approximate surface area is 69.5 Å². The first-order valence-corrected chi connectivity index (χ1v) is 4.17. The zero-order valence-corrected chi connectivity index (χ0v) is 7.84. The van der Waals surface area contributed by atoms with Crippen molar-refractivity contribution in [3.05, 3.63) is 0 Å². The van der Waals surface area contributed by atoms with Crippen molar-refractivity contribution < 1.29 is 4.74 Å². The Morgan fingerprint density at radius 1 is 1.45 bits per heavy atom. The summed E-state index contributed by atoms with van der Waals surface area (Å²) in [6.45, 7) is 4.43. The number of ether oxygens (including phenoxy) is 1. The van der Waals surface area contributed by atoms with Crippen molar-refractivity contribution in [2.45, 2.75) is 19.4 Å². The fourth-order valence-corrected chi connectivity index (χ4v) is 0.907. The average Bonchev–Trinajstić information content (AvgIpc) is 1.97. The highest BCUT2D eigenvalue weighted by Gasteiger charge is 2.05. The Morgan fingerprint density at radius 3 is 2.45 bits per heavy atom. The molecular formula is C8H20N2O. The van der Waals surface area contributed by atoms with E-state index in [2.05, 4.69) is 19.0 Å². The lowest BCUT2D eigenvalue weighted by Crippen LogP contribution is -2.28. The predicted octanol–water partition coefficient (Wildman–Crippen LogP) is 0.302.